The summed E-state index contributed by atoms with van der Waals surface area (Å²) in [7, 11) is 0. The van der Waals surface area contributed by atoms with Crippen LogP contribution in [0.3, 0.4) is 0 Å². The highest BCUT2D eigenvalue weighted by molar-refractivity contribution is 14.1. The third kappa shape index (κ3) is 2.57. The van der Waals surface area contributed by atoms with Gasteiger partial charge in [-0.25, -0.2) is 9.97 Å². The van der Waals surface area contributed by atoms with E-state index in [9.17, 15) is 0 Å². The minimum absolute atomic E-state index is 0.573. The number of anilines is 1. The molecule has 0 amide bonds. The molecule has 0 spiro atoms. The molecule has 1 saturated carbocycles. The number of aryl methyl sites for hydroxylation is 2. The van der Waals surface area contributed by atoms with E-state index < -0.39 is 0 Å². The number of nitrogen functional groups attached to an aromatic ring is 1. The van der Waals surface area contributed by atoms with Crippen molar-refractivity contribution in [2.75, 3.05) is 5.73 Å². The Kier molecular flexibility index (Phi) is 3.75. The van der Waals surface area contributed by atoms with Gasteiger partial charge in [-0.1, -0.05) is 15.9 Å². The van der Waals surface area contributed by atoms with E-state index in [-0.39, 0.29) is 0 Å². The minimum Gasteiger partial charge on any atom is -0.383 e. The van der Waals surface area contributed by atoms with Crippen molar-refractivity contribution in [1.82, 2.24) is 9.97 Å². The number of aromatic nitrogens is 2. The molecule has 2 aromatic rings. The first kappa shape index (κ1) is 14.3. The van der Waals surface area contributed by atoms with Crippen LogP contribution in [0, 0.1) is 17.4 Å². The lowest BCUT2D eigenvalue weighted by atomic mass is 10.1. The van der Waals surface area contributed by atoms with Gasteiger partial charge in [0, 0.05) is 16.0 Å². The van der Waals surface area contributed by atoms with Gasteiger partial charge in [0.15, 0.2) is 5.82 Å². The van der Waals surface area contributed by atoms with Crippen molar-refractivity contribution in [3.05, 3.63) is 37.0 Å². The van der Waals surface area contributed by atoms with Gasteiger partial charge in [0.2, 0.25) is 0 Å². The first-order valence-corrected chi connectivity index (χ1v) is 8.44. The molecule has 1 heterocycles. The van der Waals surface area contributed by atoms with E-state index in [1.807, 2.05) is 0 Å². The van der Waals surface area contributed by atoms with E-state index >= 15 is 0 Å². The number of halogens is 2. The molecular formula is C15H15BrIN3. The monoisotopic (exact) mass is 443 g/mol. The van der Waals surface area contributed by atoms with Gasteiger partial charge in [0.25, 0.3) is 0 Å². The van der Waals surface area contributed by atoms with Crippen LogP contribution in [0.5, 0.6) is 0 Å². The van der Waals surface area contributed by atoms with Gasteiger partial charge >= 0.3 is 0 Å². The van der Waals surface area contributed by atoms with E-state index in [2.05, 4.69) is 69.5 Å². The summed E-state index contributed by atoms with van der Waals surface area (Å²) in [4.78, 5) is 9.23. The Hall–Kier alpha value is -0.690. The zero-order valence-electron chi connectivity index (χ0n) is 11.4. The summed E-state index contributed by atoms with van der Waals surface area (Å²) in [6.45, 7) is 4.16. The van der Waals surface area contributed by atoms with Gasteiger partial charge in [0.05, 0.1) is 9.26 Å². The highest BCUT2D eigenvalue weighted by Gasteiger charge is 2.29. The quantitative estimate of drug-likeness (QED) is 0.690. The predicted octanol–water partition coefficient (Wildman–Crippen LogP) is 4.59. The molecule has 3 nitrogen and oxygen atoms in total. The van der Waals surface area contributed by atoms with Crippen LogP contribution < -0.4 is 5.73 Å². The molecule has 0 unspecified atom stereocenters. The minimum atomic E-state index is 0.573. The summed E-state index contributed by atoms with van der Waals surface area (Å²) < 4.78 is 2.15. The normalized spacial score (nSPS) is 14.6. The second-order valence-corrected chi connectivity index (χ2v) is 7.20. The number of nitrogens with two attached hydrogens (primary N) is 1. The molecule has 1 aliphatic rings. The summed E-state index contributed by atoms with van der Waals surface area (Å²) in [5.41, 5.74) is 10.6. The average Bonchev–Trinajstić information content (AvgIpc) is 3.22. The molecule has 5 heteroatoms. The van der Waals surface area contributed by atoms with Crippen molar-refractivity contribution >= 4 is 44.3 Å². The van der Waals surface area contributed by atoms with Gasteiger partial charge in [-0.2, -0.15) is 0 Å². The van der Waals surface area contributed by atoms with Crippen LogP contribution in [0.1, 0.15) is 35.6 Å². The van der Waals surface area contributed by atoms with E-state index in [4.69, 9.17) is 10.7 Å². The molecule has 0 saturated heterocycles. The Balaban J connectivity index is 2.15. The average molecular weight is 444 g/mol. The van der Waals surface area contributed by atoms with Crippen LogP contribution in [0.25, 0.3) is 11.4 Å². The fourth-order valence-corrected chi connectivity index (χ4v) is 3.22. The van der Waals surface area contributed by atoms with E-state index in [1.165, 1.54) is 24.0 Å². The zero-order chi connectivity index (χ0) is 14.4. The summed E-state index contributed by atoms with van der Waals surface area (Å²) >= 11 is 5.85. The van der Waals surface area contributed by atoms with Crippen molar-refractivity contribution in [2.45, 2.75) is 32.6 Å². The maximum atomic E-state index is 6.06. The molecule has 1 fully saturated rings. The van der Waals surface area contributed by atoms with Crippen LogP contribution in [0.15, 0.2) is 16.6 Å². The first-order valence-electron chi connectivity index (χ1n) is 6.57. The summed E-state index contributed by atoms with van der Waals surface area (Å²) in [6, 6.07) is 4.21. The molecule has 0 bridgehead atoms. The molecule has 0 atom stereocenters. The van der Waals surface area contributed by atoms with Crippen LogP contribution in [-0.4, -0.2) is 9.97 Å². The van der Waals surface area contributed by atoms with E-state index in [0.29, 0.717) is 11.7 Å². The largest absolute Gasteiger partial charge is 0.383 e. The molecule has 1 aromatic carbocycles. The van der Waals surface area contributed by atoms with Crippen molar-refractivity contribution in [1.29, 1.82) is 0 Å². The summed E-state index contributed by atoms with van der Waals surface area (Å²) in [5.74, 6) is 1.91. The predicted molar refractivity (Wildman–Crippen MR) is 93.7 cm³/mol. The Morgan fingerprint density at radius 2 is 1.80 bits per heavy atom. The van der Waals surface area contributed by atoms with Gasteiger partial charge in [-0.15, -0.1) is 0 Å². The number of rotatable bonds is 2. The van der Waals surface area contributed by atoms with Gasteiger partial charge in [-0.05, 0) is 72.5 Å². The van der Waals surface area contributed by atoms with Gasteiger partial charge in [-0.3, -0.25) is 0 Å². The highest BCUT2D eigenvalue weighted by Crippen LogP contribution is 2.42. The smallest absolute Gasteiger partial charge is 0.161 e. The maximum Gasteiger partial charge on any atom is 0.161 e. The zero-order valence-corrected chi connectivity index (χ0v) is 15.1. The second kappa shape index (κ2) is 5.26. The topological polar surface area (TPSA) is 51.8 Å². The second-order valence-electron chi connectivity index (χ2n) is 5.33. The lowest BCUT2D eigenvalue weighted by Gasteiger charge is -2.11. The molecule has 1 aromatic heterocycles. The molecule has 0 aliphatic heterocycles. The number of hydrogen-bond donors (Lipinski definition) is 1. The Morgan fingerprint density at radius 1 is 1.20 bits per heavy atom. The fourth-order valence-electron chi connectivity index (χ4n) is 2.31. The summed E-state index contributed by atoms with van der Waals surface area (Å²) in [6.07, 6.45) is 2.43. The van der Waals surface area contributed by atoms with E-state index in [1.54, 1.807) is 0 Å². The summed E-state index contributed by atoms with van der Waals surface area (Å²) in [5, 5.41) is 0. The van der Waals surface area contributed by atoms with Crippen molar-refractivity contribution in [2.24, 2.45) is 0 Å². The number of nitrogens with zero attached hydrogens (tertiary/aromatic N) is 2. The SMILES string of the molecule is Cc1cc(-c2nc(N)c(I)c(C3CC3)n2)cc(C)c1Br. The number of hydrogen-bond acceptors (Lipinski definition) is 3. The molecule has 1 aliphatic carbocycles. The van der Waals surface area contributed by atoms with Crippen molar-refractivity contribution in [3.63, 3.8) is 0 Å². The first-order chi connectivity index (χ1) is 9.47. The lowest BCUT2D eigenvalue weighted by molar-refractivity contribution is 0.982. The molecule has 104 valence electrons. The molecular weight excluding hydrogens is 429 g/mol. The standard InChI is InChI=1S/C15H15BrIN3/c1-7-5-10(6-8(2)11(7)16)15-19-13(9-3-4-9)12(17)14(18)20-15/h5-6,9H,3-4H2,1-2H3,(H2,18,19,20). The fraction of sp³-hybridized carbons (Fsp3) is 0.333. The van der Waals surface area contributed by atoms with Crippen LogP contribution in [0.2, 0.25) is 0 Å². The Labute approximate surface area is 140 Å². The molecule has 2 N–H and O–H groups in total. The Morgan fingerprint density at radius 3 is 2.35 bits per heavy atom. The Bertz CT molecular complexity index is 673. The van der Waals surface area contributed by atoms with Crippen LogP contribution in [-0.2, 0) is 0 Å². The molecule has 3 rings (SSSR count). The van der Waals surface area contributed by atoms with Crippen LogP contribution >= 0.6 is 38.5 Å². The third-order valence-electron chi connectivity index (χ3n) is 3.56. The van der Waals surface area contributed by atoms with Crippen molar-refractivity contribution in [3.8, 4) is 11.4 Å². The van der Waals surface area contributed by atoms with Gasteiger partial charge < -0.3 is 5.73 Å². The molecule has 0 radical (unpaired) electrons. The van der Waals surface area contributed by atoms with Gasteiger partial charge in [0.1, 0.15) is 5.82 Å². The van der Waals surface area contributed by atoms with E-state index in [0.717, 1.165) is 25.1 Å². The van der Waals surface area contributed by atoms with Crippen molar-refractivity contribution < 1.29 is 0 Å². The maximum absolute atomic E-state index is 6.06. The third-order valence-corrected chi connectivity index (χ3v) is 5.92. The lowest BCUT2D eigenvalue weighted by Crippen LogP contribution is -2.04. The highest BCUT2D eigenvalue weighted by atomic mass is 127. The number of benzene rings is 1. The van der Waals surface area contributed by atoms with Crippen LogP contribution in [0.4, 0.5) is 5.82 Å². The molecule has 20 heavy (non-hydrogen) atoms.